The Morgan fingerprint density at radius 1 is 0.867 bits per heavy atom. The lowest BCUT2D eigenvalue weighted by Crippen LogP contribution is -2.56. The third-order valence-electron chi connectivity index (χ3n) is 7.42. The number of carbonyl (C=O) groups excluding carboxylic acids is 1. The van der Waals surface area contributed by atoms with Gasteiger partial charge >= 0.3 is 18.4 Å². The largest absolute Gasteiger partial charge is 0.430 e. The van der Waals surface area contributed by atoms with E-state index in [2.05, 4.69) is 10.1 Å². The van der Waals surface area contributed by atoms with Crippen molar-refractivity contribution in [2.75, 3.05) is 13.1 Å². The number of halogens is 8. The zero-order chi connectivity index (χ0) is 33.4. The quantitative estimate of drug-likeness (QED) is 0.264. The van der Waals surface area contributed by atoms with E-state index in [1.54, 1.807) is 51.1 Å². The van der Waals surface area contributed by atoms with Gasteiger partial charge in [-0.25, -0.2) is 13.6 Å². The number of rotatable bonds is 7. The Balaban J connectivity index is 1.80. The Kier molecular flexibility index (Phi) is 9.43. The lowest BCUT2D eigenvalue weighted by atomic mass is 9.88. The van der Waals surface area contributed by atoms with Crippen molar-refractivity contribution in [2.45, 2.75) is 66.9 Å². The number of likely N-dealkylation sites (tertiary alicyclic amines) is 1. The number of ether oxygens (including phenoxy) is 1. The van der Waals surface area contributed by atoms with E-state index in [0.717, 1.165) is 18.2 Å². The summed E-state index contributed by atoms with van der Waals surface area (Å²) < 4.78 is 132. The minimum atomic E-state index is -6.12. The Hall–Kier alpha value is -3.52. The Labute approximate surface area is 257 Å². The van der Waals surface area contributed by atoms with Crippen LogP contribution in [0.5, 0.6) is 0 Å². The van der Waals surface area contributed by atoms with Crippen molar-refractivity contribution >= 4 is 16.8 Å². The van der Waals surface area contributed by atoms with E-state index < -0.39 is 74.4 Å². The monoisotopic (exact) mass is 662 g/mol. The second kappa shape index (κ2) is 12.3. The van der Waals surface area contributed by atoms with Crippen LogP contribution in [0.1, 0.15) is 43.9 Å². The summed E-state index contributed by atoms with van der Waals surface area (Å²) in [4.78, 5) is 14.7. The van der Waals surface area contributed by atoms with Gasteiger partial charge in [0, 0.05) is 34.7 Å². The van der Waals surface area contributed by atoms with Gasteiger partial charge < -0.3 is 15.0 Å². The number of nitrogens with zero attached hydrogens (tertiary/aromatic N) is 1. The SMILES string of the molecule is CC(C)(C)NC(=O)N1CCC(c2ccc(C(OCc3c(F)cccc3F)(C(F)(F)F)C(F)(F)F)cc2)(S(=O)c2ccccc2)C1. The molecule has 0 aliphatic carbocycles. The third kappa shape index (κ3) is 6.71. The minimum Gasteiger partial charge on any atom is -0.349 e. The summed E-state index contributed by atoms with van der Waals surface area (Å²) in [6.45, 7) is 3.54. The molecule has 2 amide bonds. The lowest BCUT2D eigenvalue weighted by Gasteiger charge is -2.38. The van der Waals surface area contributed by atoms with Crippen LogP contribution in [0.4, 0.5) is 39.9 Å². The molecule has 0 saturated carbocycles. The number of benzene rings is 3. The first kappa shape index (κ1) is 34.4. The summed E-state index contributed by atoms with van der Waals surface area (Å²) >= 11 is 0. The molecule has 2 atom stereocenters. The molecular weight excluding hydrogens is 632 g/mol. The number of hydrogen-bond donors (Lipinski definition) is 1. The smallest absolute Gasteiger partial charge is 0.349 e. The first-order valence-electron chi connectivity index (χ1n) is 13.7. The van der Waals surface area contributed by atoms with Crippen LogP contribution in [0, 0.1) is 11.6 Å². The van der Waals surface area contributed by atoms with Crippen molar-refractivity contribution in [3.05, 3.63) is 101 Å². The fourth-order valence-corrected chi connectivity index (χ4v) is 6.97. The molecule has 3 aromatic rings. The lowest BCUT2D eigenvalue weighted by molar-refractivity contribution is -0.392. The number of carbonyl (C=O) groups is 1. The van der Waals surface area contributed by atoms with Gasteiger partial charge in [0.1, 0.15) is 11.6 Å². The Morgan fingerprint density at radius 3 is 1.93 bits per heavy atom. The predicted molar refractivity (Wildman–Crippen MR) is 150 cm³/mol. The summed E-state index contributed by atoms with van der Waals surface area (Å²) in [5.41, 5.74) is -7.97. The van der Waals surface area contributed by atoms with E-state index in [-0.39, 0.29) is 25.1 Å². The highest BCUT2D eigenvalue weighted by atomic mass is 32.2. The summed E-state index contributed by atoms with van der Waals surface area (Å²) in [6.07, 6.45) is -12.2. The first-order chi connectivity index (χ1) is 20.8. The zero-order valence-electron chi connectivity index (χ0n) is 24.4. The van der Waals surface area contributed by atoms with E-state index in [1.165, 1.54) is 4.90 Å². The summed E-state index contributed by atoms with van der Waals surface area (Å²) in [5.74, 6) is -2.76. The van der Waals surface area contributed by atoms with Gasteiger partial charge in [-0.3, -0.25) is 4.21 Å². The number of hydrogen-bond acceptors (Lipinski definition) is 3. The van der Waals surface area contributed by atoms with E-state index in [9.17, 15) is 44.1 Å². The maximum Gasteiger partial charge on any atom is 0.430 e. The van der Waals surface area contributed by atoms with Gasteiger partial charge in [-0.05, 0) is 57.0 Å². The summed E-state index contributed by atoms with van der Waals surface area (Å²) in [5, 5.41) is 2.79. The van der Waals surface area contributed by atoms with Crippen LogP contribution in [0.3, 0.4) is 0 Å². The van der Waals surface area contributed by atoms with Crippen LogP contribution in [-0.2, 0) is 32.5 Å². The molecule has 45 heavy (non-hydrogen) atoms. The van der Waals surface area contributed by atoms with Crippen molar-refractivity contribution in [1.29, 1.82) is 0 Å². The fraction of sp³-hybridized carbons (Fsp3) is 0.387. The van der Waals surface area contributed by atoms with Crippen LogP contribution >= 0.6 is 0 Å². The number of nitrogens with one attached hydrogen (secondary N) is 1. The van der Waals surface area contributed by atoms with Gasteiger partial charge in [-0.15, -0.1) is 0 Å². The topological polar surface area (TPSA) is 58.6 Å². The minimum absolute atomic E-state index is 0.0815. The standard InChI is InChI=1S/C31H30F8N2O3S/c1-27(2,3)40-26(42)41-17-16-28(19-41,45(43)22-8-5-4-6-9-22)20-12-14-21(15-13-20)29(30(34,35)36,31(37,38)39)44-18-23-24(32)10-7-11-25(23)33/h4-15H,16-19H2,1-3H3,(H,40,42). The highest BCUT2D eigenvalue weighted by molar-refractivity contribution is 7.86. The maximum atomic E-state index is 14.4. The molecule has 14 heteroatoms. The van der Waals surface area contributed by atoms with Crippen LogP contribution < -0.4 is 5.32 Å². The van der Waals surface area contributed by atoms with Crippen LogP contribution in [-0.4, -0.2) is 46.1 Å². The normalized spacial score (nSPS) is 18.6. The molecule has 1 heterocycles. The molecule has 5 nitrogen and oxygen atoms in total. The van der Waals surface area contributed by atoms with Crippen molar-refractivity contribution in [1.82, 2.24) is 10.2 Å². The van der Waals surface area contributed by atoms with E-state index in [1.807, 2.05) is 0 Å². The molecule has 0 aromatic heterocycles. The van der Waals surface area contributed by atoms with E-state index >= 15 is 0 Å². The predicted octanol–water partition coefficient (Wildman–Crippen LogP) is 7.72. The molecule has 0 radical (unpaired) electrons. The highest BCUT2D eigenvalue weighted by Gasteiger charge is 2.73. The maximum absolute atomic E-state index is 14.4. The average molecular weight is 663 g/mol. The van der Waals surface area contributed by atoms with Gasteiger partial charge in [0.05, 0.1) is 22.2 Å². The van der Waals surface area contributed by atoms with E-state index in [4.69, 9.17) is 0 Å². The van der Waals surface area contributed by atoms with Crippen molar-refractivity contribution in [3.63, 3.8) is 0 Å². The molecule has 4 rings (SSSR count). The fourth-order valence-electron chi connectivity index (χ4n) is 5.21. The highest BCUT2D eigenvalue weighted by Crippen LogP contribution is 2.54. The molecular formula is C31H30F8N2O3S. The second-order valence-corrected chi connectivity index (χ2v) is 13.5. The summed E-state index contributed by atoms with van der Waals surface area (Å²) in [6, 6.07) is 12.9. The third-order valence-corrected chi connectivity index (χ3v) is 9.40. The Bertz CT molecular complexity index is 1510. The van der Waals surface area contributed by atoms with Crippen LogP contribution in [0.25, 0.3) is 0 Å². The molecule has 0 spiro atoms. The molecule has 0 bridgehead atoms. The molecule has 1 aliphatic heterocycles. The molecule has 2 unspecified atom stereocenters. The van der Waals surface area contributed by atoms with Gasteiger partial charge in [0.25, 0.3) is 5.60 Å². The zero-order valence-corrected chi connectivity index (χ0v) is 25.2. The molecule has 3 aromatic carbocycles. The van der Waals surface area contributed by atoms with Crippen molar-refractivity contribution < 1.29 is 48.9 Å². The Morgan fingerprint density at radius 2 is 1.42 bits per heavy atom. The van der Waals surface area contributed by atoms with Crippen LogP contribution in [0.15, 0.2) is 77.7 Å². The van der Waals surface area contributed by atoms with Crippen molar-refractivity contribution in [2.24, 2.45) is 0 Å². The van der Waals surface area contributed by atoms with Gasteiger partial charge in [0.15, 0.2) is 0 Å². The number of alkyl halides is 6. The molecule has 244 valence electrons. The van der Waals surface area contributed by atoms with E-state index in [0.29, 0.717) is 29.2 Å². The first-order valence-corrected chi connectivity index (χ1v) is 14.8. The summed E-state index contributed by atoms with van der Waals surface area (Å²) in [7, 11) is -1.90. The van der Waals surface area contributed by atoms with Crippen molar-refractivity contribution in [3.8, 4) is 0 Å². The van der Waals surface area contributed by atoms with Gasteiger partial charge in [0.2, 0.25) is 0 Å². The number of amides is 2. The molecule has 1 aliphatic rings. The molecule has 1 N–H and O–H groups in total. The molecule has 1 fully saturated rings. The molecule has 1 saturated heterocycles. The number of urea groups is 1. The average Bonchev–Trinajstić information content (AvgIpc) is 3.40. The van der Waals surface area contributed by atoms with Gasteiger partial charge in [-0.1, -0.05) is 48.5 Å². The van der Waals surface area contributed by atoms with Crippen LogP contribution in [0.2, 0.25) is 0 Å². The second-order valence-electron chi connectivity index (χ2n) is 11.7. The van der Waals surface area contributed by atoms with Gasteiger partial charge in [-0.2, -0.15) is 26.3 Å².